The minimum atomic E-state index is -0.497. The molecule has 2 atom stereocenters. The number of hydrogen-bond donors (Lipinski definition) is 1. The number of likely N-dealkylation sites (tertiary alicyclic amines) is 1. The van der Waals surface area contributed by atoms with Gasteiger partial charge >= 0.3 is 6.03 Å². The maximum Gasteiger partial charge on any atom is 0.317 e. The van der Waals surface area contributed by atoms with Crippen molar-refractivity contribution >= 4 is 6.03 Å². The molecule has 0 aromatic heterocycles. The Kier molecular flexibility index (Phi) is 3.51. The maximum atomic E-state index is 11.8. The second kappa shape index (κ2) is 4.44. The molecule has 1 aliphatic rings. The molecule has 4 heteroatoms. The van der Waals surface area contributed by atoms with Crippen LogP contribution in [0.1, 0.15) is 20.3 Å². The van der Waals surface area contributed by atoms with Crippen LogP contribution in [0.3, 0.4) is 0 Å². The van der Waals surface area contributed by atoms with Gasteiger partial charge in [-0.15, -0.1) is 0 Å². The Labute approximate surface area is 78.3 Å². The minimum absolute atomic E-state index is 0.121. The summed E-state index contributed by atoms with van der Waals surface area (Å²) in [6.45, 7) is 4.57. The third-order valence-electron chi connectivity index (χ3n) is 2.42. The molecule has 3 nitrogen and oxygen atoms in total. The molecule has 13 heavy (non-hydrogen) atoms. The Morgan fingerprint density at radius 2 is 2.31 bits per heavy atom. The summed E-state index contributed by atoms with van der Waals surface area (Å²) in [5.41, 5.74) is 0. The average Bonchev–Trinajstić information content (AvgIpc) is 2.41. The van der Waals surface area contributed by atoms with Crippen molar-refractivity contribution in [1.82, 2.24) is 10.2 Å². The topological polar surface area (TPSA) is 32.3 Å². The zero-order chi connectivity index (χ0) is 9.84. The van der Waals surface area contributed by atoms with Crippen molar-refractivity contribution < 1.29 is 9.18 Å². The lowest BCUT2D eigenvalue weighted by Gasteiger charge is -2.21. The van der Waals surface area contributed by atoms with E-state index in [0.717, 1.165) is 13.0 Å². The van der Waals surface area contributed by atoms with Gasteiger partial charge in [-0.3, -0.25) is 0 Å². The van der Waals surface area contributed by atoms with E-state index in [4.69, 9.17) is 0 Å². The largest absolute Gasteiger partial charge is 0.335 e. The maximum absolute atomic E-state index is 11.8. The normalized spacial score (nSPS) is 27.8. The fourth-order valence-corrected chi connectivity index (χ4v) is 1.84. The van der Waals surface area contributed by atoms with E-state index in [1.807, 2.05) is 6.92 Å². The Balaban J connectivity index is 2.38. The highest BCUT2D eigenvalue weighted by atomic mass is 19.1. The van der Waals surface area contributed by atoms with Crippen LogP contribution in [0.15, 0.2) is 0 Å². The van der Waals surface area contributed by atoms with Gasteiger partial charge < -0.3 is 10.2 Å². The lowest BCUT2D eigenvalue weighted by atomic mass is 10.1. The molecule has 2 unspecified atom stereocenters. The summed E-state index contributed by atoms with van der Waals surface area (Å²) in [6, 6.07) is 0.157. The lowest BCUT2D eigenvalue weighted by molar-refractivity contribution is 0.194. The predicted octanol–water partition coefficient (Wildman–Crippen LogP) is 1.40. The number of nitrogens with one attached hydrogen (secondary N) is 1. The highest BCUT2D eigenvalue weighted by Crippen LogP contribution is 2.21. The van der Waals surface area contributed by atoms with Gasteiger partial charge in [-0.25, -0.2) is 9.18 Å². The van der Waals surface area contributed by atoms with Gasteiger partial charge in [0.05, 0.1) is 0 Å². The first kappa shape index (κ1) is 10.3. The predicted molar refractivity (Wildman–Crippen MR) is 49.3 cm³/mol. The van der Waals surface area contributed by atoms with Crippen LogP contribution in [0.25, 0.3) is 0 Å². The van der Waals surface area contributed by atoms with E-state index in [-0.39, 0.29) is 18.6 Å². The lowest BCUT2D eigenvalue weighted by Crippen LogP contribution is -2.42. The summed E-state index contributed by atoms with van der Waals surface area (Å²) >= 11 is 0. The molecule has 1 N–H and O–H groups in total. The van der Waals surface area contributed by atoms with Crippen LogP contribution in [-0.4, -0.2) is 36.7 Å². The summed E-state index contributed by atoms with van der Waals surface area (Å²) in [4.78, 5) is 13.2. The van der Waals surface area contributed by atoms with Gasteiger partial charge in [0.1, 0.15) is 6.67 Å². The Morgan fingerprint density at radius 1 is 1.62 bits per heavy atom. The van der Waals surface area contributed by atoms with Crippen LogP contribution < -0.4 is 5.32 Å². The Bertz CT molecular complexity index is 186. The first-order valence-corrected chi connectivity index (χ1v) is 4.75. The van der Waals surface area contributed by atoms with E-state index in [0.29, 0.717) is 5.92 Å². The Hall–Kier alpha value is -0.800. The van der Waals surface area contributed by atoms with Gasteiger partial charge in [0.15, 0.2) is 0 Å². The van der Waals surface area contributed by atoms with Crippen LogP contribution in [0.4, 0.5) is 9.18 Å². The van der Waals surface area contributed by atoms with Crippen molar-refractivity contribution in [3.8, 4) is 0 Å². The molecule has 1 fully saturated rings. The second-order valence-electron chi connectivity index (χ2n) is 3.76. The van der Waals surface area contributed by atoms with Gasteiger partial charge in [-0.05, 0) is 19.3 Å². The van der Waals surface area contributed by atoms with Gasteiger partial charge in [0.25, 0.3) is 0 Å². The summed E-state index contributed by atoms with van der Waals surface area (Å²) in [5, 5.41) is 2.54. The highest BCUT2D eigenvalue weighted by molar-refractivity contribution is 5.74. The number of hydrogen-bond acceptors (Lipinski definition) is 1. The molecule has 1 heterocycles. The SMILES string of the molecule is CC1CC(C)N(C(=O)NCCF)C1. The van der Waals surface area contributed by atoms with Crippen LogP contribution in [-0.2, 0) is 0 Å². The molecule has 2 amide bonds. The quantitative estimate of drug-likeness (QED) is 0.698. The Morgan fingerprint density at radius 3 is 2.77 bits per heavy atom. The molecule has 0 radical (unpaired) electrons. The molecular formula is C9H17FN2O. The van der Waals surface area contributed by atoms with Crippen molar-refractivity contribution in [2.75, 3.05) is 19.8 Å². The molecule has 1 aliphatic heterocycles. The number of rotatable bonds is 2. The fourth-order valence-electron chi connectivity index (χ4n) is 1.84. The van der Waals surface area contributed by atoms with Crippen molar-refractivity contribution in [2.24, 2.45) is 5.92 Å². The van der Waals surface area contributed by atoms with Crippen LogP contribution >= 0.6 is 0 Å². The average molecular weight is 188 g/mol. The number of alkyl halides is 1. The smallest absolute Gasteiger partial charge is 0.317 e. The monoisotopic (exact) mass is 188 g/mol. The first-order valence-electron chi connectivity index (χ1n) is 4.75. The van der Waals surface area contributed by atoms with Crippen LogP contribution in [0, 0.1) is 5.92 Å². The number of nitrogens with zero attached hydrogens (tertiary/aromatic N) is 1. The first-order chi connectivity index (χ1) is 6.15. The van der Waals surface area contributed by atoms with Gasteiger partial charge in [0.2, 0.25) is 0 Å². The van der Waals surface area contributed by atoms with E-state index in [1.165, 1.54) is 0 Å². The van der Waals surface area contributed by atoms with Crippen molar-refractivity contribution in [1.29, 1.82) is 0 Å². The van der Waals surface area contributed by atoms with Crippen molar-refractivity contribution in [2.45, 2.75) is 26.3 Å². The minimum Gasteiger partial charge on any atom is -0.335 e. The molecule has 0 aromatic rings. The van der Waals surface area contributed by atoms with E-state index < -0.39 is 6.67 Å². The van der Waals surface area contributed by atoms with E-state index >= 15 is 0 Å². The number of carbonyl (C=O) groups excluding carboxylic acids is 1. The summed E-state index contributed by atoms with van der Waals surface area (Å²) in [5.74, 6) is 0.561. The third-order valence-corrected chi connectivity index (χ3v) is 2.42. The van der Waals surface area contributed by atoms with E-state index in [9.17, 15) is 9.18 Å². The second-order valence-corrected chi connectivity index (χ2v) is 3.76. The summed E-state index contributed by atoms with van der Waals surface area (Å²) in [7, 11) is 0. The number of halogens is 1. The van der Waals surface area contributed by atoms with Crippen molar-refractivity contribution in [3.63, 3.8) is 0 Å². The molecule has 0 aromatic carbocycles. The third kappa shape index (κ3) is 2.57. The molecule has 0 spiro atoms. The molecule has 1 saturated heterocycles. The summed E-state index contributed by atoms with van der Waals surface area (Å²) in [6.07, 6.45) is 1.04. The molecule has 76 valence electrons. The van der Waals surface area contributed by atoms with Gasteiger partial charge in [-0.2, -0.15) is 0 Å². The summed E-state index contributed by atoms with van der Waals surface area (Å²) < 4.78 is 11.8. The van der Waals surface area contributed by atoms with Crippen LogP contribution in [0.5, 0.6) is 0 Å². The molecule has 0 bridgehead atoms. The van der Waals surface area contributed by atoms with Gasteiger partial charge in [0, 0.05) is 19.1 Å². The van der Waals surface area contributed by atoms with E-state index in [1.54, 1.807) is 4.90 Å². The van der Waals surface area contributed by atoms with Crippen molar-refractivity contribution in [3.05, 3.63) is 0 Å². The molecule has 1 rings (SSSR count). The molecule has 0 saturated carbocycles. The number of amides is 2. The van der Waals surface area contributed by atoms with E-state index in [2.05, 4.69) is 12.2 Å². The van der Waals surface area contributed by atoms with Gasteiger partial charge in [-0.1, -0.05) is 6.92 Å². The molecule has 0 aliphatic carbocycles. The van der Waals surface area contributed by atoms with Crippen LogP contribution in [0.2, 0.25) is 0 Å². The standard InChI is InChI=1S/C9H17FN2O/c1-7-5-8(2)12(6-7)9(13)11-4-3-10/h7-8H,3-6H2,1-2H3,(H,11,13). The fraction of sp³-hybridized carbons (Fsp3) is 0.889. The zero-order valence-corrected chi connectivity index (χ0v) is 8.22. The number of carbonyl (C=O) groups is 1. The zero-order valence-electron chi connectivity index (χ0n) is 8.22. The number of urea groups is 1. The molecular weight excluding hydrogens is 171 g/mol. The highest BCUT2D eigenvalue weighted by Gasteiger charge is 2.29.